The normalized spacial score (nSPS) is 8.29. The van der Waals surface area contributed by atoms with Crippen LogP contribution in [0.25, 0.3) is 0 Å². The van der Waals surface area contributed by atoms with Crippen molar-refractivity contribution in [2.45, 2.75) is 0 Å². The summed E-state index contributed by atoms with van der Waals surface area (Å²) in [6, 6.07) is 0. The SMILES string of the molecule is CS(=O)(=O)[O-].N.[Na+]. The fraction of sp³-hybridized carbons (Fsp3) is 1.00. The Labute approximate surface area is 64.9 Å². The zero-order chi connectivity index (χ0) is 4.50. The first-order valence-electron chi connectivity index (χ1n) is 0.908. The molecule has 0 spiro atoms. The molecule has 0 atom stereocenters. The average molecular weight is 135 g/mol. The molecule has 7 heavy (non-hydrogen) atoms. The van der Waals surface area contributed by atoms with Crippen LogP contribution in [-0.4, -0.2) is 19.2 Å². The Kier molecular flexibility index (Phi) is 11.2. The van der Waals surface area contributed by atoms with Gasteiger partial charge in [0.1, 0.15) is 0 Å². The van der Waals surface area contributed by atoms with Gasteiger partial charge in [-0.1, -0.05) is 0 Å². The van der Waals surface area contributed by atoms with Crippen molar-refractivity contribution in [3.63, 3.8) is 0 Å². The summed E-state index contributed by atoms with van der Waals surface area (Å²) in [7, 11) is -3.92. The van der Waals surface area contributed by atoms with Gasteiger partial charge in [0.05, 0.1) is 10.1 Å². The molecule has 0 aliphatic carbocycles. The van der Waals surface area contributed by atoms with Gasteiger partial charge in [0.25, 0.3) is 0 Å². The van der Waals surface area contributed by atoms with Crippen molar-refractivity contribution in [3.8, 4) is 0 Å². The molecule has 0 unspecified atom stereocenters. The molecule has 0 aromatic heterocycles. The first-order valence-corrected chi connectivity index (χ1v) is 2.72. The van der Waals surface area contributed by atoms with Crippen LogP contribution < -0.4 is 35.7 Å². The molecule has 6 heteroatoms. The molecule has 0 fully saturated rings. The van der Waals surface area contributed by atoms with Gasteiger partial charge in [-0.15, -0.1) is 0 Å². The topological polar surface area (TPSA) is 92.2 Å². The van der Waals surface area contributed by atoms with Crippen LogP contribution in [0.1, 0.15) is 0 Å². The minimum atomic E-state index is -3.92. The number of hydrogen-bond acceptors (Lipinski definition) is 4. The van der Waals surface area contributed by atoms with E-state index < -0.39 is 10.1 Å². The number of rotatable bonds is 0. The van der Waals surface area contributed by atoms with Gasteiger partial charge in [0.15, 0.2) is 0 Å². The van der Waals surface area contributed by atoms with Gasteiger partial charge in [-0.3, -0.25) is 0 Å². The van der Waals surface area contributed by atoms with Crippen molar-refractivity contribution in [1.29, 1.82) is 0 Å². The molecule has 4 nitrogen and oxygen atoms in total. The summed E-state index contributed by atoms with van der Waals surface area (Å²) >= 11 is 0. The summed E-state index contributed by atoms with van der Waals surface area (Å²) in [4.78, 5) is 0. The fourth-order valence-corrected chi connectivity index (χ4v) is 0. The van der Waals surface area contributed by atoms with Gasteiger partial charge < -0.3 is 10.7 Å². The van der Waals surface area contributed by atoms with Crippen molar-refractivity contribution in [3.05, 3.63) is 0 Å². The molecule has 3 N–H and O–H groups in total. The van der Waals surface area contributed by atoms with Crippen LogP contribution in [0.2, 0.25) is 0 Å². The molecule has 0 amide bonds. The first-order chi connectivity index (χ1) is 2.00. The molecule has 0 radical (unpaired) electrons. The second-order valence-corrected chi connectivity index (χ2v) is 2.11. The fourth-order valence-electron chi connectivity index (χ4n) is 0. The average Bonchev–Trinajstić information content (AvgIpc) is 0.722. The first kappa shape index (κ1) is 15.7. The van der Waals surface area contributed by atoms with Gasteiger partial charge in [-0.2, -0.15) is 0 Å². The van der Waals surface area contributed by atoms with Gasteiger partial charge in [-0.25, -0.2) is 8.42 Å². The Morgan fingerprint density at radius 2 is 1.43 bits per heavy atom. The molecular weight excluding hydrogens is 129 g/mol. The smallest absolute Gasteiger partial charge is 0.748 e. The maximum atomic E-state index is 9.08. The van der Waals surface area contributed by atoms with E-state index in [0.29, 0.717) is 6.26 Å². The molecular formula is CH6NNaO3S. The second-order valence-electron chi connectivity index (χ2n) is 0.704. The molecule has 0 aliphatic rings. The molecule has 0 heterocycles. The van der Waals surface area contributed by atoms with Crippen LogP contribution in [0.4, 0.5) is 0 Å². The summed E-state index contributed by atoms with van der Waals surface area (Å²) in [5.41, 5.74) is 0. The molecule has 0 aromatic rings. The molecule has 0 aromatic carbocycles. The third-order valence-electron chi connectivity index (χ3n) is 0. The van der Waals surface area contributed by atoms with E-state index in [1.165, 1.54) is 0 Å². The molecule has 40 valence electrons. The van der Waals surface area contributed by atoms with E-state index in [0.717, 1.165) is 0 Å². The van der Waals surface area contributed by atoms with Crippen LogP contribution >= 0.6 is 0 Å². The standard InChI is InChI=1S/CH4O3S.H3N.Na/c1-5(2,3)4;;/h1H3,(H,2,3,4);1H3;/q;;+1/p-1. The predicted octanol–water partition coefficient (Wildman–Crippen LogP) is -3.67. The Bertz CT molecular complexity index is 98.1. The van der Waals surface area contributed by atoms with E-state index in [4.69, 9.17) is 13.0 Å². The van der Waals surface area contributed by atoms with Crippen LogP contribution in [0.15, 0.2) is 0 Å². The van der Waals surface area contributed by atoms with Gasteiger partial charge in [-0.05, 0) is 0 Å². The Morgan fingerprint density at radius 1 is 1.43 bits per heavy atom. The molecule has 0 aliphatic heterocycles. The van der Waals surface area contributed by atoms with Crippen molar-refractivity contribution >= 4 is 10.1 Å². The summed E-state index contributed by atoms with van der Waals surface area (Å²) in [5, 5.41) is 0. The molecule has 0 bridgehead atoms. The predicted molar refractivity (Wildman–Crippen MR) is 20.6 cm³/mol. The van der Waals surface area contributed by atoms with E-state index >= 15 is 0 Å². The second kappa shape index (κ2) is 5.02. The summed E-state index contributed by atoms with van der Waals surface area (Å²) < 4.78 is 27.2. The summed E-state index contributed by atoms with van der Waals surface area (Å²) in [6.07, 6.45) is 0.604. The minimum Gasteiger partial charge on any atom is -0.748 e. The summed E-state index contributed by atoms with van der Waals surface area (Å²) in [5.74, 6) is 0. The van der Waals surface area contributed by atoms with Crippen molar-refractivity contribution in [2.75, 3.05) is 6.26 Å². The van der Waals surface area contributed by atoms with E-state index in [-0.39, 0.29) is 35.7 Å². The van der Waals surface area contributed by atoms with E-state index in [1.807, 2.05) is 0 Å². The van der Waals surface area contributed by atoms with Crippen LogP contribution in [0.5, 0.6) is 0 Å². The van der Waals surface area contributed by atoms with Crippen LogP contribution in [-0.2, 0) is 10.1 Å². The summed E-state index contributed by atoms with van der Waals surface area (Å²) in [6.45, 7) is 0. The largest absolute Gasteiger partial charge is 1.00 e. The van der Waals surface area contributed by atoms with Gasteiger partial charge in [0.2, 0.25) is 0 Å². The Hall–Kier alpha value is 0.870. The molecule has 0 saturated heterocycles. The Morgan fingerprint density at radius 3 is 1.43 bits per heavy atom. The van der Waals surface area contributed by atoms with Crippen molar-refractivity contribution in [2.24, 2.45) is 0 Å². The van der Waals surface area contributed by atoms with Crippen LogP contribution in [0.3, 0.4) is 0 Å². The Balaban J connectivity index is -0.0000000800. The van der Waals surface area contributed by atoms with E-state index in [9.17, 15) is 0 Å². The monoisotopic (exact) mass is 135 g/mol. The quantitative estimate of drug-likeness (QED) is 0.273. The number of hydrogen-bond donors (Lipinski definition) is 1. The van der Waals surface area contributed by atoms with Crippen molar-refractivity contribution in [1.82, 2.24) is 6.15 Å². The van der Waals surface area contributed by atoms with Crippen LogP contribution in [0, 0.1) is 0 Å². The van der Waals surface area contributed by atoms with E-state index in [1.54, 1.807) is 0 Å². The molecule has 0 rings (SSSR count). The van der Waals surface area contributed by atoms with Crippen molar-refractivity contribution < 1.29 is 42.5 Å². The van der Waals surface area contributed by atoms with E-state index in [2.05, 4.69) is 0 Å². The molecule has 0 saturated carbocycles. The maximum Gasteiger partial charge on any atom is 1.00 e. The minimum absolute atomic E-state index is 0. The van der Waals surface area contributed by atoms with Gasteiger partial charge >= 0.3 is 29.6 Å². The zero-order valence-electron chi connectivity index (χ0n) is 4.34. The third kappa shape index (κ3) is 215. The third-order valence-corrected chi connectivity index (χ3v) is 0. The zero-order valence-corrected chi connectivity index (χ0v) is 7.16. The van der Waals surface area contributed by atoms with Gasteiger partial charge in [0, 0.05) is 6.26 Å². The maximum absolute atomic E-state index is 9.08.